The van der Waals surface area contributed by atoms with Crippen LogP contribution in [-0.2, 0) is 29.3 Å². The standard InChI is InChI=1S/C23H24N2O5/c1-5-10-25-14-9-7-6-8-13(14)23(18(19(25)24)20(27)29-4)17-15(26)11-22(2,3)12-16(17)30-21(23)28/h5-9H,1,10-12,24H2,2-4H3/t23-/m1/s1. The van der Waals surface area contributed by atoms with Crippen LogP contribution in [0.1, 0.15) is 32.3 Å². The first-order valence-electron chi connectivity index (χ1n) is 9.74. The van der Waals surface area contributed by atoms with Gasteiger partial charge in [0.05, 0.1) is 12.7 Å². The number of nitrogens with zero attached hydrogens (tertiary/aromatic N) is 1. The van der Waals surface area contributed by atoms with Crippen molar-refractivity contribution in [2.75, 3.05) is 18.6 Å². The fourth-order valence-electron chi connectivity index (χ4n) is 4.83. The van der Waals surface area contributed by atoms with E-state index in [9.17, 15) is 14.4 Å². The largest absolute Gasteiger partial charge is 0.466 e. The number of fused-ring (bicyclic) bond motifs is 3. The van der Waals surface area contributed by atoms with Crippen LogP contribution in [0.5, 0.6) is 0 Å². The molecule has 1 spiro atoms. The molecule has 7 heteroatoms. The number of para-hydroxylation sites is 1. The van der Waals surface area contributed by atoms with Gasteiger partial charge in [-0.2, -0.15) is 0 Å². The van der Waals surface area contributed by atoms with E-state index in [1.807, 2.05) is 13.8 Å². The molecule has 1 aromatic carbocycles. The highest BCUT2D eigenvalue weighted by molar-refractivity contribution is 6.18. The zero-order valence-electron chi connectivity index (χ0n) is 17.3. The van der Waals surface area contributed by atoms with Gasteiger partial charge in [-0.25, -0.2) is 9.59 Å². The number of hydrogen-bond donors (Lipinski definition) is 1. The van der Waals surface area contributed by atoms with E-state index >= 15 is 0 Å². The summed E-state index contributed by atoms with van der Waals surface area (Å²) in [6.45, 7) is 7.95. The minimum atomic E-state index is -1.74. The number of ketones is 1. The summed E-state index contributed by atoms with van der Waals surface area (Å²) in [4.78, 5) is 41.6. The number of anilines is 1. The molecule has 0 radical (unpaired) electrons. The SMILES string of the molecule is C=CCN1C(N)=C(C(=O)OC)[C@@]2(C(=O)OC3=C2C(=O)CC(C)(C)C3)c2ccccc21. The number of hydrogen-bond acceptors (Lipinski definition) is 7. The van der Waals surface area contributed by atoms with Gasteiger partial charge in [0, 0.05) is 30.6 Å². The summed E-state index contributed by atoms with van der Waals surface area (Å²) in [5.74, 6) is -1.36. The van der Waals surface area contributed by atoms with Gasteiger partial charge in [-0.15, -0.1) is 6.58 Å². The second-order valence-corrected chi connectivity index (χ2v) is 8.55. The lowest BCUT2D eigenvalue weighted by Crippen LogP contribution is -2.51. The van der Waals surface area contributed by atoms with E-state index < -0.39 is 17.4 Å². The number of Topliss-reactive ketones (excluding diaryl/α,β-unsaturated/α-hetero) is 1. The van der Waals surface area contributed by atoms with Crippen molar-refractivity contribution in [2.45, 2.75) is 32.1 Å². The monoisotopic (exact) mass is 408 g/mol. The van der Waals surface area contributed by atoms with Gasteiger partial charge >= 0.3 is 11.9 Å². The van der Waals surface area contributed by atoms with Crippen molar-refractivity contribution in [3.05, 3.63) is 65.2 Å². The van der Waals surface area contributed by atoms with Crippen molar-refractivity contribution < 1.29 is 23.9 Å². The molecule has 2 N–H and O–H groups in total. The number of rotatable bonds is 3. The van der Waals surface area contributed by atoms with Crippen LogP contribution in [0.25, 0.3) is 0 Å². The molecule has 156 valence electrons. The van der Waals surface area contributed by atoms with Crippen LogP contribution < -0.4 is 10.6 Å². The van der Waals surface area contributed by atoms with Crippen LogP contribution in [0.4, 0.5) is 5.69 Å². The average molecular weight is 408 g/mol. The molecule has 7 nitrogen and oxygen atoms in total. The first-order valence-corrected chi connectivity index (χ1v) is 9.74. The second-order valence-electron chi connectivity index (χ2n) is 8.55. The third-order valence-electron chi connectivity index (χ3n) is 5.95. The Morgan fingerprint density at radius 1 is 1.30 bits per heavy atom. The Bertz CT molecular complexity index is 1070. The molecular formula is C23H24N2O5. The molecule has 2 aliphatic heterocycles. The van der Waals surface area contributed by atoms with Crippen LogP contribution >= 0.6 is 0 Å². The van der Waals surface area contributed by atoms with Gasteiger partial charge in [0.2, 0.25) is 0 Å². The number of methoxy groups -OCH3 is 1. The Labute approximate surface area is 174 Å². The maximum absolute atomic E-state index is 13.5. The molecule has 3 aliphatic rings. The van der Waals surface area contributed by atoms with Crippen molar-refractivity contribution in [3.8, 4) is 0 Å². The first kappa shape index (κ1) is 19.9. The minimum Gasteiger partial charge on any atom is -0.466 e. The van der Waals surface area contributed by atoms with E-state index in [1.165, 1.54) is 7.11 Å². The van der Waals surface area contributed by atoms with Gasteiger partial charge in [-0.3, -0.25) is 4.79 Å². The highest BCUT2D eigenvalue weighted by atomic mass is 16.5. The molecule has 0 saturated heterocycles. The number of benzene rings is 1. The second kappa shape index (κ2) is 6.58. The maximum atomic E-state index is 13.5. The molecule has 0 bridgehead atoms. The smallest absolute Gasteiger partial charge is 0.339 e. The number of nitrogens with two attached hydrogens (primary N) is 1. The van der Waals surface area contributed by atoms with E-state index in [-0.39, 0.29) is 34.6 Å². The van der Waals surface area contributed by atoms with E-state index in [1.54, 1.807) is 35.2 Å². The molecule has 0 aromatic heterocycles. The lowest BCUT2D eigenvalue weighted by atomic mass is 9.62. The summed E-state index contributed by atoms with van der Waals surface area (Å²) >= 11 is 0. The quantitative estimate of drug-likeness (QED) is 0.606. The lowest BCUT2D eigenvalue weighted by Gasteiger charge is -2.42. The van der Waals surface area contributed by atoms with Gasteiger partial charge in [-0.05, 0) is 11.5 Å². The number of carbonyl (C=O) groups is 3. The summed E-state index contributed by atoms with van der Waals surface area (Å²) in [6, 6.07) is 7.09. The summed E-state index contributed by atoms with van der Waals surface area (Å²) in [5.41, 5.74) is 5.55. The van der Waals surface area contributed by atoms with E-state index in [4.69, 9.17) is 15.2 Å². The van der Waals surface area contributed by atoms with Gasteiger partial charge in [0.25, 0.3) is 0 Å². The molecule has 1 aromatic rings. The molecule has 0 saturated carbocycles. The third kappa shape index (κ3) is 2.47. The van der Waals surface area contributed by atoms with Crippen molar-refractivity contribution in [3.63, 3.8) is 0 Å². The van der Waals surface area contributed by atoms with Crippen LogP contribution in [-0.4, -0.2) is 31.4 Å². The van der Waals surface area contributed by atoms with E-state index in [2.05, 4.69) is 6.58 Å². The molecule has 4 rings (SSSR count). The summed E-state index contributed by atoms with van der Waals surface area (Å²) in [7, 11) is 1.22. The number of carbonyl (C=O) groups excluding carboxylic acids is 3. The predicted octanol–water partition coefficient (Wildman–Crippen LogP) is 2.47. The number of esters is 2. The fraction of sp³-hybridized carbons (Fsp3) is 0.348. The van der Waals surface area contributed by atoms with Crippen molar-refractivity contribution >= 4 is 23.4 Å². The molecule has 30 heavy (non-hydrogen) atoms. The van der Waals surface area contributed by atoms with Crippen LogP contribution in [0.3, 0.4) is 0 Å². The summed E-state index contributed by atoms with van der Waals surface area (Å²) in [6.07, 6.45) is 2.29. The fourth-order valence-corrected chi connectivity index (χ4v) is 4.83. The third-order valence-corrected chi connectivity index (χ3v) is 5.95. The van der Waals surface area contributed by atoms with Crippen molar-refractivity contribution in [1.29, 1.82) is 0 Å². The molecule has 1 aliphatic carbocycles. The van der Waals surface area contributed by atoms with E-state index in [0.717, 1.165) is 0 Å². The Morgan fingerprint density at radius 3 is 2.67 bits per heavy atom. The molecule has 2 heterocycles. The summed E-state index contributed by atoms with van der Waals surface area (Å²) < 4.78 is 10.7. The molecule has 1 atom stereocenters. The predicted molar refractivity (Wildman–Crippen MR) is 110 cm³/mol. The Kier molecular flexibility index (Phi) is 4.38. The van der Waals surface area contributed by atoms with Crippen LogP contribution in [0.15, 0.2) is 59.6 Å². The Morgan fingerprint density at radius 2 is 2.00 bits per heavy atom. The minimum absolute atomic E-state index is 0.0452. The zero-order valence-corrected chi connectivity index (χ0v) is 17.3. The first-order chi connectivity index (χ1) is 14.2. The summed E-state index contributed by atoms with van der Waals surface area (Å²) in [5, 5.41) is 0. The van der Waals surface area contributed by atoms with Gasteiger partial charge in [0.15, 0.2) is 11.2 Å². The topological polar surface area (TPSA) is 98.9 Å². The average Bonchev–Trinajstić information content (AvgIpc) is 2.96. The van der Waals surface area contributed by atoms with Gasteiger partial charge in [-0.1, -0.05) is 38.1 Å². The molecule has 0 unspecified atom stereocenters. The molecular weight excluding hydrogens is 384 g/mol. The van der Waals surface area contributed by atoms with Crippen LogP contribution in [0, 0.1) is 5.41 Å². The molecule has 0 fully saturated rings. The normalized spacial score (nSPS) is 24.6. The number of ether oxygens (including phenoxy) is 2. The van der Waals surface area contributed by atoms with E-state index in [0.29, 0.717) is 30.0 Å². The Hall–Kier alpha value is -3.35. The molecule has 0 amide bonds. The van der Waals surface area contributed by atoms with Crippen molar-refractivity contribution in [1.82, 2.24) is 0 Å². The number of allylic oxidation sites excluding steroid dienone is 1. The van der Waals surface area contributed by atoms with Gasteiger partial charge in [0.1, 0.15) is 17.2 Å². The highest BCUT2D eigenvalue weighted by Crippen LogP contribution is 2.57. The van der Waals surface area contributed by atoms with Gasteiger partial charge < -0.3 is 20.1 Å². The van der Waals surface area contributed by atoms with Crippen LogP contribution in [0.2, 0.25) is 0 Å². The maximum Gasteiger partial charge on any atom is 0.339 e. The Balaban J connectivity index is 2.12. The zero-order chi connectivity index (χ0) is 21.8. The lowest BCUT2D eigenvalue weighted by molar-refractivity contribution is -0.145. The van der Waals surface area contributed by atoms with Crippen molar-refractivity contribution in [2.24, 2.45) is 11.1 Å². The highest BCUT2D eigenvalue weighted by Gasteiger charge is 2.64.